The molecule has 0 amide bonds. The Labute approximate surface area is 124 Å². The smallest absolute Gasteiger partial charge is 0.132 e. The van der Waals surface area contributed by atoms with Crippen LogP contribution in [0.5, 0.6) is 11.5 Å². The zero-order valence-electron chi connectivity index (χ0n) is 12.7. The lowest BCUT2D eigenvalue weighted by Gasteiger charge is -2.22. The predicted octanol–water partition coefficient (Wildman–Crippen LogP) is 3.05. The highest BCUT2D eigenvalue weighted by Gasteiger charge is 2.24. The molecule has 2 heterocycles. The third-order valence-corrected chi connectivity index (χ3v) is 4.15. The maximum absolute atomic E-state index is 6.37. The third-order valence-electron chi connectivity index (χ3n) is 4.15. The lowest BCUT2D eigenvalue weighted by atomic mass is 10.1. The van der Waals surface area contributed by atoms with Gasteiger partial charge in [-0.05, 0) is 38.0 Å². The molecule has 1 atom stereocenters. The molecule has 1 aliphatic rings. The van der Waals surface area contributed by atoms with E-state index in [9.17, 15) is 0 Å². The normalized spacial score (nSPS) is 17.4. The number of ether oxygens (including phenoxy) is 2. The van der Waals surface area contributed by atoms with Crippen LogP contribution in [0.15, 0.2) is 18.2 Å². The molecule has 2 N–H and O–H groups in total. The highest BCUT2D eigenvalue weighted by Crippen LogP contribution is 2.39. The first-order valence-corrected chi connectivity index (χ1v) is 7.24. The zero-order valence-corrected chi connectivity index (χ0v) is 12.7. The quantitative estimate of drug-likeness (QED) is 0.942. The van der Waals surface area contributed by atoms with E-state index in [1.54, 1.807) is 14.2 Å². The molecule has 0 aliphatic carbocycles. The average molecular weight is 287 g/mol. The minimum Gasteiger partial charge on any atom is -0.497 e. The van der Waals surface area contributed by atoms with Gasteiger partial charge in [0.1, 0.15) is 28.8 Å². The summed E-state index contributed by atoms with van der Waals surface area (Å²) in [6, 6.07) is 6.08. The van der Waals surface area contributed by atoms with Crippen molar-refractivity contribution in [2.24, 2.45) is 0 Å². The van der Waals surface area contributed by atoms with Crippen LogP contribution in [-0.4, -0.2) is 23.8 Å². The van der Waals surface area contributed by atoms with Crippen molar-refractivity contribution in [1.29, 1.82) is 0 Å². The summed E-state index contributed by atoms with van der Waals surface area (Å²) in [4.78, 5) is 4.76. The minimum atomic E-state index is 0.395. The van der Waals surface area contributed by atoms with Crippen molar-refractivity contribution >= 4 is 5.82 Å². The van der Waals surface area contributed by atoms with E-state index >= 15 is 0 Å². The summed E-state index contributed by atoms with van der Waals surface area (Å²) < 4.78 is 12.9. The number of aromatic nitrogens is 2. The fraction of sp³-hybridized carbons (Fsp3) is 0.438. The van der Waals surface area contributed by atoms with E-state index in [0.717, 1.165) is 47.8 Å². The summed E-state index contributed by atoms with van der Waals surface area (Å²) in [5, 5.41) is 0. The van der Waals surface area contributed by atoms with Crippen LogP contribution in [-0.2, 0) is 6.42 Å². The summed E-state index contributed by atoms with van der Waals surface area (Å²) in [6.07, 6.45) is 3.27. The van der Waals surface area contributed by atoms with Crippen molar-refractivity contribution in [2.45, 2.75) is 32.2 Å². The highest BCUT2D eigenvalue weighted by molar-refractivity contribution is 5.77. The molecular formula is C16H21N3O2. The predicted molar refractivity (Wildman–Crippen MR) is 82.8 cm³/mol. The molecule has 0 saturated carbocycles. The molecular weight excluding hydrogens is 266 g/mol. The molecule has 21 heavy (non-hydrogen) atoms. The van der Waals surface area contributed by atoms with Crippen LogP contribution >= 0.6 is 0 Å². The number of nitrogens with two attached hydrogens (primary N) is 1. The Hall–Kier alpha value is -2.17. The van der Waals surface area contributed by atoms with Gasteiger partial charge in [0, 0.05) is 18.0 Å². The second kappa shape index (κ2) is 5.31. The molecule has 112 valence electrons. The molecule has 1 aromatic carbocycles. The van der Waals surface area contributed by atoms with Crippen LogP contribution in [0.2, 0.25) is 0 Å². The van der Waals surface area contributed by atoms with Crippen LogP contribution in [0.1, 0.15) is 31.6 Å². The monoisotopic (exact) mass is 287 g/mol. The second-order valence-electron chi connectivity index (χ2n) is 5.44. The van der Waals surface area contributed by atoms with E-state index in [-0.39, 0.29) is 0 Å². The molecule has 0 radical (unpaired) electrons. The Morgan fingerprint density at radius 1 is 1.29 bits per heavy atom. The van der Waals surface area contributed by atoms with Crippen molar-refractivity contribution in [1.82, 2.24) is 9.55 Å². The molecule has 5 heteroatoms. The second-order valence-corrected chi connectivity index (χ2v) is 5.44. The Balaban J connectivity index is 2.17. The number of rotatable bonds is 3. The molecule has 1 aromatic heterocycles. The molecule has 0 saturated heterocycles. The van der Waals surface area contributed by atoms with E-state index in [2.05, 4.69) is 11.5 Å². The van der Waals surface area contributed by atoms with Crippen molar-refractivity contribution in [3.63, 3.8) is 0 Å². The molecule has 0 fully saturated rings. The van der Waals surface area contributed by atoms with E-state index in [1.165, 1.54) is 0 Å². The number of fused-ring (bicyclic) bond motifs is 1. The van der Waals surface area contributed by atoms with Crippen molar-refractivity contribution in [2.75, 3.05) is 20.0 Å². The fourth-order valence-electron chi connectivity index (χ4n) is 3.04. The first-order chi connectivity index (χ1) is 10.2. The number of nitrogen functional groups attached to an aromatic ring is 1. The number of hydrogen-bond acceptors (Lipinski definition) is 4. The van der Waals surface area contributed by atoms with Crippen molar-refractivity contribution < 1.29 is 9.47 Å². The molecule has 3 rings (SSSR count). The van der Waals surface area contributed by atoms with E-state index in [4.69, 9.17) is 20.2 Å². The van der Waals surface area contributed by atoms with Crippen molar-refractivity contribution in [3.05, 3.63) is 24.0 Å². The van der Waals surface area contributed by atoms with Crippen molar-refractivity contribution in [3.8, 4) is 22.8 Å². The Morgan fingerprint density at radius 2 is 2.10 bits per heavy atom. The van der Waals surface area contributed by atoms with E-state index in [0.29, 0.717) is 11.9 Å². The maximum atomic E-state index is 6.37. The van der Waals surface area contributed by atoms with E-state index < -0.39 is 0 Å². The largest absolute Gasteiger partial charge is 0.497 e. The standard InChI is InChI=1S/C16H21N3O2/c1-10-5-4-6-14-18-15(16(17)19(10)14)12-9-11(20-2)7-8-13(12)21-3/h7-10H,4-6,17H2,1-3H3. The lowest BCUT2D eigenvalue weighted by molar-refractivity contribution is 0.404. The number of aryl methyl sites for hydroxylation is 1. The first-order valence-electron chi connectivity index (χ1n) is 7.24. The Kier molecular flexibility index (Phi) is 3.49. The topological polar surface area (TPSA) is 62.3 Å². The van der Waals surface area contributed by atoms with Crippen LogP contribution in [0.25, 0.3) is 11.3 Å². The third kappa shape index (κ3) is 2.22. The van der Waals surface area contributed by atoms with Gasteiger partial charge in [-0.3, -0.25) is 0 Å². The van der Waals surface area contributed by atoms with Gasteiger partial charge in [0.05, 0.1) is 14.2 Å². The number of hydrogen-bond donors (Lipinski definition) is 1. The Morgan fingerprint density at radius 3 is 2.76 bits per heavy atom. The maximum Gasteiger partial charge on any atom is 0.132 e. The minimum absolute atomic E-state index is 0.395. The highest BCUT2D eigenvalue weighted by atomic mass is 16.5. The number of methoxy groups -OCH3 is 2. The molecule has 2 aromatic rings. The van der Waals surface area contributed by atoms with Gasteiger partial charge in [-0.15, -0.1) is 0 Å². The van der Waals surface area contributed by atoms with Gasteiger partial charge in [0.2, 0.25) is 0 Å². The molecule has 1 unspecified atom stereocenters. The fourth-order valence-corrected chi connectivity index (χ4v) is 3.04. The van der Waals surface area contributed by atoms with Crippen LogP contribution in [0.4, 0.5) is 5.82 Å². The Bertz CT molecular complexity index is 664. The summed E-state index contributed by atoms with van der Waals surface area (Å²) in [6.45, 7) is 2.19. The van der Waals surface area contributed by atoms with Gasteiger partial charge in [-0.25, -0.2) is 4.98 Å². The van der Waals surface area contributed by atoms with Crippen LogP contribution < -0.4 is 15.2 Å². The summed E-state index contributed by atoms with van der Waals surface area (Å²) in [7, 11) is 3.30. The van der Waals surface area contributed by atoms with Gasteiger partial charge < -0.3 is 19.8 Å². The van der Waals surface area contributed by atoms with Crippen LogP contribution in [0, 0.1) is 0 Å². The molecule has 5 nitrogen and oxygen atoms in total. The van der Waals surface area contributed by atoms with Gasteiger partial charge in [-0.1, -0.05) is 0 Å². The summed E-state index contributed by atoms with van der Waals surface area (Å²) >= 11 is 0. The van der Waals surface area contributed by atoms with E-state index in [1.807, 2.05) is 18.2 Å². The number of nitrogens with zero attached hydrogens (tertiary/aromatic N) is 2. The summed E-state index contributed by atoms with van der Waals surface area (Å²) in [5.41, 5.74) is 8.03. The molecule has 0 bridgehead atoms. The summed E-state index contributed by atoms with van der Waals surface area (Å²) in [5.74, 6) is 3.30. The van der Waals surface area contributed by atoms with Gasteiger partial charge >= 0.3 is 0 Å². The average Bonchev–Trinajstić information content (AvgIpc) is 2.85. The van der Waals surface area contributed by atoms with Crippen LogP contribution in [0.3, 0.4) is 0 Å². The van der Waals surface area contributed by atoms with Gasteiger partial charge in [0.25, 0.3) is 0 Å². The van der Waals surface area contributed by atoms with Gasteiger partial charge in [-0.2, -0.15) is 0 Å². The number of imidazole rings is 1. The number of benzene rings is 1. The van der Waals surface area contributed by atoms with Gasteiger partial charge in [0.15, 0.2) is 0 Å². The molecule has 0 spiro atoms. The first kappa shape index (κ1) is 13.8. The zero-order chi connectivity index (χ0) is 15.0. The molecule has 1 aliphatic heterocycles. The number of anilines is 1. The lowest BCUT2D eigenvalue weighted by Crippen LogP contribution is -2.16. The SMILES string of the molecule is COc1ccc(OC)c(-c2nc3n(c2N)C(C)CCC3)c1.